The molecule has 0 aliphatic carbocycles. The van der Waals surface area contributed by atoms with E-state index in [1.165, 1.54) is 16.9 Å². The Labute approximate surface area is 145 Å². The van der Waals surface area contributed by atoms with Crippen molar-refractivity contribution in [2.24, 2.45) is 0 Å². The van der Waals surface area contributed by atoms with Gasteiger partial charge in [0.25, 0.3) is 5.91 Å². The number of hydrogen-bond donors (Lipinski definition) is 1. The van der Waals surface area contributed by atoms with Gasteiger partial charge in [-0.3, -0.25) is 10.1 Å². The van der Waals surface area contributed by atoms with Crippen molar-refractivity contribution in [1.29, 1.82) is 0 Å². The zero-order valence-electron chi connectivity index (χ0n) is 13.8. The molecular formula is C19H18N2O2S. The SMILES string of the molecule is COc1ccc(-c2csc(NC(=O)c3ccc(C)c(C)c3)n2)cc1. The average Bonchev–Trinajstić information content (AvgIpc) is 3.06. The van der Waals surface area contributed by atoms with Crippen molar-refractivity contribution in [2.45, 2.75) is 13.8 Å². The van der Waals surface area contributed by atoms with Gasteiger partial charge >= 0.3 is 0 Å². The molecule has 0 radical (unpaired) electrons. The molecular weight excluding hydrogens is 320 g/mol. The summed E-state index contributed by atoms with van der Waals surface area (Å²) < 4.78 is 5.16. The van der Waals surface area contributed by atoms with Crippen LogP contribution in [0.3, 0.4) is 0 Å². The number of anilines is 1. The molecule has 1 aromatic heterocycles. The standard InChI is InChI=1S/C19H18N2O2S/c1-12-4-5-15(10-13(12)2)18(22)21-19-20-17(11-24-19)14-6-8-16(23-3)9-7-14/h4-11H,1-3H3,(H,20,21,22). The van der Waals surface area contributed by atoms with Crippen LogP contribution >= 0.6 is 11.3 Å². The van der Waals surface area contributed by atoms with E-state index in [4.69, 9.17) is 4.74 Å². The summed E-state index contributed by atoms with van der Waals surface area (Å²) in [6.45, 7) is 4.02. The summed E-state index contributed by atoms with van der Waals surface area (Å²) in [7, 11) is 1.64. The normalized spacial score (nSPS) is 10.5. The van der Waals surface area contributed by atoms with E-state index < -0.39 is 0 Å². The zero-order valence-corrected chi connectivity index (χ0v) is 14.6. The van der Waals surface area contributed by atoms with Gasteiger partial charge in [-0.1, -0.05) is 6.07 Å². The van der Waals surface area contributed by atoms with E-state index in [1.807, 2.05) is 61.7 Å². The van der Waals surface area contributed by atoms with E-state index >= 15 is 0 Å². The quantitative estimate of drug-likeness (QED) is 0.751. The van der Waals surface area contributed by atoms with Gasteiger partial charge in [-0.2, -0.15) is 0 Å². The predicted molar refractivity (Wildman–Crippen MR) is 98.0 cm³/mol. The van der Waals surface area contributed by atoms with Crippen LogP contribution in [0.25, 0.3) is 11.3 Å². The Balaban J connectivity index is 1.75. The van der Waals surface area contributed by atoms with Crippen molar-refractivity contribution in [2.75, 3.05) is 12.4 Å². The second kappa shape index (κ2) is 6.84. The van der Waals surface area contributed by atoms with Gasteiger partial charge in [0.1, 0.15) is 5.75 Å². The Morgan fingerprint density at radius 2 is 1.83 bits per heavy atom. The molecule has 0 aliphatic heterocycles. The maximum atomic E-state index is 12.3. The third-order valence-electron chi connectivity index (χ3n) is 3.88. The number of rotatable bonds is 4. The number of carbonyl (C=O) groups excluding carboxylic acids is 1. The third-order valence-corrected chi connectivity index (χ3v) is 4.64. The maximum Gasteiger partial charge on any atom is 0.257 e. The number of benzene rings is 2. The van der Waals surface area contributed by atoms with Crippen LogP contribution in [0, 0.1) is 13.8 Å². The first kappa shape index (κ1) is 16.2. The topological polar surface area (TPSA) is 51.2 Å². The number of amides is 1. The van der Waals surface area contributed by atoms with Crippen molar-refractivity contribution >= 4 is 22.4 Å². The van der Waals surface area contributed by atoms with Gasteiger partial charge in [0.15, 0.2) is 5.13 Å². The van der Waals surface area contributed by atoms with E-state index in [0.29, 0.717) is 10.7 Å². The first-order valence-electron chi connectivity index (χ1n) is 7.55. The molecule has 4 nitrogen and oxygen atoms in total. The monoisotopic (exact) mass is 338 g/mol. The highest BCUT2D eigenvalue weighted by Gasteiger charge is 2.11. The number of aromatic nitrogens is 1. The Bertz CT molecular complexity index is 869. The Morgan fingerprint density at radius 3 is 2.50 bits per heavy atom. The van der Waals surface area contributed by atoms with Crippen molar-refractivity contribution in [3.63, 3.8) is 0 Å². The largest absolute Gasteiger partial charge is 0.497 e. The molecule has 1 amide bonds. The Morgan fingerprint density at radius 1 is 1.08 bits per heavy atom. The molecule has 0 saturated carbocycles. The molecule has 3 rings (SSSR count). The molecule has 0 aliphatic rings. The minimum atomic E-state index is -0.145. The fraction of sp³-hybridized carbons (Fsp3) is 0.158. The van der Waals surface area contributed by atoms with E-state index in [0.717, 1.165) is 22.6 Å². The van der Waals surface area contributed by atoms with Crippen LogP contribution in [0.15, 0.2) is 47.8 Å². The summed E-state index contributed by atoms with van der Waals surface area (Å²) >= 11 is 1.41. The van der Waals surface area contributed by atoms with Crippen LogP contribution in [0.4, 0.5) is 5.13 Å². The van der Waals surface area contributed by atoms with Gasteiger partial charge in [0.05, 0.1) is 12.8 Å². The smallest absolute Gasteiger partial charge is 0.257 e. The van der Waals surface area contributed by atoms with Gasteiger partial charge in [-0.15, -0.1) is 11.3 Å². The van der Waals surface area contributed by atoms with Crippen LogP contribution in [0.5, 0.6) is 5.75 Å². The highest BCUT2D eigenvalue weighted by Crippen LogP contribution is 2.26. The lowest BCUT2D eigenvalue weighted by molar-refractivity contribution is 0.102. The summed E-state index contributed by atoms with van der Waals surface area (Å²) in [4.78, 5) is 16.8. The molecule has 0 bridgehead atoms. The van der Waals surface area contributed by atoms with Crippen molar-refractivity contribution in [3.8, 4) is 17.0 Å². The number of nitrogens with zero attached hydrogens (tertiary/aromatic N) is 1. The van der Waals surface area contributed by atoms with Crippen LogP contribution in [0.2, 0.25) is 0 Å². The van der Waals surface area contributed by atoms with Gasteiger partial charge in [0.2, 0.25) is 0 Å². The Kier molecular flexibility index (Phi) is 4.62. The fourth-order valence-corrected chi connectivity index (χ4v) is 2.99. The van der Waals surface area contributed by atoms with Crippen LogP contribution in [-0.4, -0.2) is 18.0 Å². The van der Waals surface area contributed by atoms with Crippen molar-refractivity contribution in [3.05, 3.63) is 64.5 Å². The van der Waals surface area contributed by atoms with E-state index in [1.54, 1.807) is 7.11 Å². The number of aryl methyl sites for hydroxylation is 2. The first-order chi connectivity index (χ1) is 11.6. The molecule has 122 valence electrons. The minimum Gasteiger partial charge on any atom is -0.497 e. The molecule has 0 atom stereocenters. The summed E-state index contributed by atoms with van der Waals surface area (Å²) in [6.07, 6.45) is 0. The van der Waals surface area contributed by atoms with Gasteiger partial charge in [0, 0.05) is 16.5 Å². The highest BCUT2D eigenvalue weighted by atomic mass is 32.1. The van der Waals surface area contributed by atoms with Gasteiger partial charge < -0.3 is 4.74 Å². The minimum absolute atomic E-state index is 0.145. The van der Waals surface area contributed by atoms with E-state index in [2.05, 4.69) is 10.3 Å². The number of thiazole rings is 1. The van der Waals surface area contributed by atoms with E-state index in [-0.39, 0.29) is 5.91 Å². The molecule has 24 heavy (non-hydrogen) atoms. The fourth-order valence-electron chi connectivity index (χ4n) is 2.28. The third kappa shape index (κ3) is 3.46. The van der Waals surface area contributed by atoms with Crippen molar-refractivity contribution in [1.82, 2.24) is 4.98 Å². The number of carbonyl (C=O) groups is 1. The molecule has 0 saturated heterocycles. The Hall–Kier alpha value is -2.66. The van der Waals surface area contributed by atoms with Crippen LogP contribution < -0.4 is 10.1 Å². The van der Waals surface area contributed by atoms with Crippen molar-refractivity contribution < 1.29 is 9.53 Å². The second-order valence-corrected chi connectivity index (χ2v) is 6.38. The lowest BCUT2D eigenvalue weighted by Crippen LogP contribution is -2.12. The number of methoxy groups -OCH3 is 1. The number of ether oxygens (including phenoxy) is 1. The maximum absolute atomic E-state index is 12.3. The highest BCUT2D eigenvalue weighted by molar-refractivity contribution is 7.14. The number of hydrogen-bond acceptors (Lipinski definition) is 4. The predicted octanol–water partition coefficient (Wildman–Crippen LogP) is 4.69. The lowest BCUT2D eigenvalue weighted by Gasteiger charge is -2.05. The summed E-state index contributed by atoms with van der Waals surface area (Å²) in [6, 6.07) is 13.4. The zero-order chi connectivity index (χ0) is 17.1. The molecule has 2 aromatic carbocycles. The summed E-state index contributed by atoms with van der Waals surface area (Å²) in [5.41, 5.74) is 4.72. The molecule has 0 fully saturated rings. The number of nitrogens with one attached hydrogen (secondary N) is 1. The van der Waals surface area contributed by atoms with E-state index in [9.17, 15) is 4.79 Å². The molecule has 0 unspecified atom stereocenters. The molecule has 1 N–H and O–H groups in total. The van der Waals surface area contributed by atoms with Crippen LogP contribution in [-0.2, 0) is 0 Å². The molecule has 3 aromatic rings. The van der Waals surface area contributed by atoms with Crippen LogP contribution in [0.1, 0.15) is 21.5 Å². The second-order valence-electron chi connectivity index (χ2n) is 5.52. The molecule has 5 heteroatoms. The summed E-state index contributed by atoms with van der Waals surface area (Å²) in [5.74, 6) is 0.658. The summed E-state index contributed by atoms with van der Waals surface area (Å²) in [5, 5.41) is 5.38. The molecule has 1 heterocycles. The lowest BCUT2D eigenvalue weighted by atomic mass is 10.1. The molecule has 0 spiro atoms. The average molecular weight is 338 g/mol. The van der Waals surface area contributed by atoms with Gasteiger partial charge in [-0.05, 0) is 61.4 Å². The first-order valence-corrected chi connectivity index (χ1v) is 8.43. The van der Waals surface area contributed by atoms with Gasteiger partial charge in [-0.25, -0.2) is 4.98 Å².